The molecule has 4 nitrogen and oxygen atoms in total. The minimum Gasteiger partial charge on any atom is -0.497 e. The van der Waals surface area contributed by atoms with Gasteiger partial charge in [-0.25, -0.2) is 0 Å². The lowest BCUT2D eigenvalue weighted by Gasteiger charge is -2.18. The van der Waals surface area contributed by atoms with Crippen LogP contribution in [0.1, 0.15) is 32.3 Å². The van der Waals surface area contributed by atoms with Gasteiger partial charge in [0.1, 0.15) is 11.5 Å². The molecule has 0 aliphatic carbocycles. The Morgan fingerprint density at radius 1 is 1.14 bits per heavy atom. The summed E-state index contributed by atoms with van der Waals surface area (Å²) in [4.78, 5) is 14.0. The van der Waals surface area contributed by atoms with E-state index in [0.717, 1.165) is 31.5 Å². The Balaban J connectivity index is 2.80. The molecule has 0 spiro atoms. The largest absolute Gasteiger partial charge is 0.497 e. The van der Waals surface area contributed by atoms with Crippen molar-refractivity contribution in [2.45, 2.75) is 26.7 Å². The Kier molecular flexibility index (Phi) is 7.37. The summed E-state index contributed by atoms with van der Waals surface area (Å²) < 4.78 is 10.4. The zero-order valence-corrected chi connectivity index (χ0v) is 13.4. The third-order valence-electron chi connectivity index (χ3n) is 3.27. The van der Waals surface area contributed by atoms with E-state index >= 15 is 0 Å². The Bertz CT molecular complexity index is 461. The Morgan fingerprint density at radius 3 is 2.24 bits per heavy atom. The molecule has 0 saturated carbocycles. The first-order valence-corrected chi connectivity index (χ1v) is 7.34. The molecule has 0 aliphatic rings. The second kappa shape index (κ2) is 9.06. The van der Waals surface area contributed by atoms with Gasteiger partial charge < -0.3 is 14.4 Å². The van der Waals surface area contributed by atoms with Crippen molar-refractivity contribution < 1.29 is 14.3 Å². The number of carbonyl (C=O) groups excluding carboxylic acids is 1. The van der Waals surface area contributed by atoms with E-state index < -0.39 is 0 Å². The summed E-state index contributed by atoms with van der Waals surface area (Å²) >= 11 is 0. The van der Waals surface area contributed by atoms with Gasteiger partial charge in [-0.1, -0.05) is 13.3 Å². The fraction of sp³-hybridized carbons (Fsp3) is 0.471. The first kappa shape index (κ1) is 17.1. The smallest absolute Gasteiger partial charge is 0.246 e. The van der Waals surface area contributed by atoms with Crippen molar-refractivity contribution in [2.75, 3.05) is 27.3 Å². The number of hydrogen-bond donors (Lipinski definition) is 0. The summed E-state index contributed by atoms with van der Waals surface area (Å²) in [6.07, 6.45) is 5.51. The number of likely N-dealkylation sites (N-methyl/N-ethyl adjacent to an activating group) is 1. The fourth-order valence-corrected chi connectivity index (χ4v) is 1.97. The summed E-state index contributed by atoms with van der Waals surface area (Å²) in [5.74, 6) is 1.45. The first-order valence-electron chi connectivity index (χ1n) is 7.34. The molecule has 1 aromatic rings. The minimum absolute atomic E-state index is 0.0349. The average molecular weight is 291 g/mol. The van der Waals surface area contributed by atoms with Crippen LogP contribution in [-0.4, -0.2) is 38.1 Å². The summed E-state index contributed by atoms with van der Waals surface area (Å²) in [6, 6.07) is 5.54. The highest BCUT2D eigenvalue weighted by Crippen LogP contribution is 2.23. The molecule has 4 heteroatoms. The molecule has 1 rings (SSSR count). The Morgan fingerprint density at radius 2 is 1.76 bits per heavy atom. The highest BCUT2D eigenvalue weighted by atomic mass is 16.5. The van der Waals surface area contributed by atoms with E-state index in [1.165, 1.54) is 0 Å². The van der Waals surface area contributed by atoms with Gasteiger partial charge in [-0.2, -0.15) is 0 Å². The number of nitrogens with zero attached hydrogens (tertiary/aromatic N) is 1. The number of hydrogen-bond acceptors (Lipinski definition) is 3. The van der Waals surface area contributed by atoms with Crippen LogP contribution in [0.25, 0.3) is 6.08 Å². The number of rotatable bonds is 8. The van der Waals surface area contributed by atoms with E-state index in [9.17, 15) is 4.79 Å². The van der Waals surface area contributed by atoms with Crippen LogP contribution in [0.3, 0.4) is 0 Å². The predicted molar refractivity (Wildman–Crippen MR) is 85.7 cm³/mol. The van der Waals surface area contributed by atoms with Crippen molar-refractivity contribution >= 4 is 12.0 Å². The second-order valence-corrected chi connectivity index (χ2v) is 4.75. The van der Waals surface area contributed by atoms with Gasteiger partial charge in [0.2, 0.25) is 5.91 Å². The molecule has 0 radical (unpaired) electrons. The quantitative estimate of drug-likeness (QED) is 0.689. The zero-order valence-electron chi connectivity index (χ0n) is 13.4. The topological polar surface area (TPSA) is 38.8 Å². The maximum Gasteiger partial charge on any atom is 0.246 e. The van der Waals surface area contributed by atoms with E-state index in [4.69, 9.17) is 9.47 Å². The molecule has 0 bridgehead atoms. The molecule has 0 atom stereocenters. The van der Waals surface area contributed by atoms with Gasteiger partial charge >= 0.3 is 0 Å². The lowest BCUT2D eigenvalue weighted by Crippen LogP contribution is -2.30. The molecule has 0 N–H and O–H groups in total. The molecule has 1 aromatic carbocycles. The molecule has 1 amide bonds. The molecule has 0 aliphatic heterocycles. The maximum atomic E-state index is 12.1. The standard InChI is InChI=1S/C17H25NO3/c1-5-7-10-18(6-2)17(19)9-8-14-11-15(20-3)13-16(12-14)21-4/h8-9,11-13H,5-7,10H2,1-4H3/b9-8+. The van der Waals surface area contributed by atoms with Gasteiger partial charge in [-0.15, -0.1) is 0 Å². The number of carbonyl (C=O) groups is 1. The number of unbranched alkanes of at least 4 members (excludes halogenated alkanes) is 1. The van der Waals surface area contributed by atoms with Gasteiger partial charge in [0.25, 0.3) is 0 Å². The van der Waals surface area contributed by atoms with Crippen molar-refractivity contribution in [3.63, 3.8) is 0 Å². The highest BCUT2D eigenvalue weighted by Gasteiger charge is 2.07. The number of amides is 1. The van der Waals surface area contributed by atoms with Crippen LogP contribution >= 0.6 is 0 Å². The molecule has 116 valence electrons. The summed E-state index contributed by atoms with van der Waals surface area (Å²) in [5.41, 5.74) is 0.881. The van der Waals surface area contributed by atoms with Gasteiger partial charge in [-0.3, -0.25) is 4.79 Å². The summed E-state index contributed by atoms with van der Waals surface area (Å²) in [7, 11) is 3.22. The lowest BCUT2D eigenvalue weighted by molar-refractivity contribution is -0.125. The predicted octanol–water partition coefficient (Wildman–Crippen LogP) is 3.37. The maximum absolute atomic E-state index is 12.1. The van der Waals surface area contributed by atoms with Gasteiger partial charge in [0, 0.05) is 25.2 Å². The van der Waals surface area contributed by atoms with E-state index in [1.807, 2.05) is 24.0 Å². The molecular weight excluding hydrogens is 266 g/mol. The van der Waals surface area contributed by atoms with Crippen LogP contribution in [-0.2, 0) is 4.79 Å². The van der Waals surface area contributed by atoms with Crippen molar-refractivity contribution in [1.29, 1.82) is 0 Å². The molecule has 0 aromatic heterocycles. The molecule has 0 saturated heterocycles. The van der Waals surface area contributed by atoms with Crippen LogP contribution in [0, 0.1) is 0 Å². The molecule has 21 heavy (non-hydrogen) atoms. The van der Waals surface area contributed by atoms with Crippen LogP contribution in [0.4, 0.5) is 0 Å². The van der Waals surface area contributed by atoms with E-state index in [-0.39, 0.29) is 5.91 Å². The molecular formula is C17H25NO3. The Hall–Kier alpha value is -1.97. The van der Waals surface area contributed by atoms with Crippen LogP contribution in [0.2, 0.25) is 0 Å². The van der Waals surface area contributed by atoms with Crippen molar-refractivity contribution in [3.05, 3.63) is 29.8 Å². The fourth-order valence-electron chi connectivity index (χ4n) is 1.97. The monoisotopic (exact) mass is 291 g/mol. The van der Waals surface area contributed by atoms with Crippen LogP contribution in [0.15, 0.2) is 24.3 Å². The van der Waals surface area contributed by atoms with E-state index in [2.05, 4.69) is 6.92 Å². The summed E-state index contributed by atoms with van der Waals surface area (Å²) in [6.45, 7) is 5.65. The average Bonchev–Trinajstić information content (AvgIpc) is 2.53. The van der Waals surface area contributed by atoms with Gasteiger partial charge in [0.15, 0.2) is 0 Å². The van der Waals surface area contributed by atoms with Crippen LogP contribution < -0.4 is 9.47 Å². The van der Waals surface area contributed by atoms with E-state index in [0.29, 0.717) is 11.5 Å². The third-order valence-corrected chi connectivity index (χ3v) is 3.27. The molecule has 0 heterocycles. The van der Waals surface area contributed by atoms with Crippen molar-refractivity contribution in [1.82, 2.24) is 4.90 Å². The number of benzene rings is 1. The normalized spacial score (nSPS) is 10.7. The SMILES string of the molecule is CCCCN(CC)C(=O)/C=C/c1cc(OC)cc(OC)c1. The zero-order chi connectivity index (χ0) is 15.7. The lowest BCUT2D eigenvalue weighted by atomic mass is 10.2. The number of ether oxygens (including phenoxy) is 2. The minimum atomic E-state index is 0.0349. The van der Waals surface area contributed by atoms with Crippen LogP contribution in [0.5, 0.6) is 11.5 Å². The number of methoxy groups -OCH3 is 2. The van der Waals surface area contributed by atoms with Crippen molar-refractivity contribution in [2.24, 2.45) is 0 Å². The van der Waals surface area contributed by atoms with Gasteiger partial charge in [-0.05, 0) is 37.1 Å². The van der Waals surface area contributed by atoms with Gasteiger partial charge in [0.05, 0.1) is 14.2 Å². The molecule has 0 fully saturated rings. The third kappa shape index (κ3) is 5.50. The summed E-state index contributed by atoms with van der Waals surface area (Å²) in [5, 5.41) is 0. The first-order chi connectivity index (χ1) is 10.1. The van der Waals surface area contributed by atoms with Crippen molar-refractivity contribution in [3.8, 4) is 11.5 Å². The molecule has 0 unspecified atom stereocenters. The Labute approximate surface area is 127 Å². The van der Waals surface area contributed by atoms with E-state index in [1.54, 1.807) is 32.4 Å². The highest BCUT2D eigenvalue weighted by molar-refractivity contribution is 5.91. The second-order valence-electron chi connectivity index (χ2n) is 4.75.